The largest absolute Gasteiger partial charge is 0.309 e. The second-order valence-electron chi connectivity index (χ2n) is 17.4. The highest BCUT2D eigenvalue weighted by Crippen LogP contribution is 2.48. The summed E-state index contributed by atoms with van der Waals surface area (Å²) in [5.74, 6) is 1.23. The molecule has 3 heterocycles. The molecule has 4 heteroatoms. The fourth-order valence-corrected chi connectivity index (χ4v) is 10.8. The summed E-state index contributed by atoms with van der Waals surface area (Å²) in [6.45, 7) is 0. The summed E-state index contributed by atoms with van der Waals surface area (Å²) in [5, 5.41) is 7.14. The molecule has 0 amide bonds. The molecule has 2 atom stereocenters. The first-order valence-corrected chi connectivity index (χ1v) is 22.6. The van der Waals surface area contributed by atoms with Crippen LogP contribution >= 0.6 is 0 Å². The Bertz CT molecular complexity index is 3660. The summed E-state index contributed by atoms with van der Waals surface area (Å²) in [5.41, 5.74) is 16.3. The Balaban J connectivity index is 0.988. The molecule has 0 saturated heterocycles. The Morgan fingerprint density at radius 3 is 1.88 bits per heavy atom. The summed E-state index contributed by atoms with van der Waals surface area (Å²) >= 11 is 0. The third-order valence-electron chi connectivity index (χ3n) is 13.7. The van der Waals surface area contributed by atoms with Gasteiger partial charge in [0.15, 0.2) is 5.82 Å². The molecule has 10 aromatic rings. The first-order chi connectivity index (χ1) is 32.2. The molecule has 3 aliphatic carbocycles. The van der Waals surface area contributed by atoms with Gasteiger partial charge in [-0.3, -0.25) is 4.98 Å². The molecule has 0 aliphatic heterocycles. The van der Waals surface area contributed by atoms with Gasteiger partial charge in [0.2, 0.25) is 0 Å². The minimum Gasteiger partial charge on any atom is -0.309 e. The number of allylic oxidation sites excluding steroid dienone is 10. The normalized spacial score (nSPS) is 16.6. The zero-order valence-electron chi connectivity index (χ0n) is 35.6. The zero-order chi connectivity index (χ0) is 42.8. The van der Waals surface area contributed by atoms with Crippen molar-refractivity contribution in [1.82, 2.24) is 19.5 Å². The Morgan fingerprint density at radius 1 is 0.492 bits per heavy atom. The number of benzene rings is 7. The Hall–Kier alpha value is -8.21. The summed E-state index contributed by atoms with van der Waals surface area (Å²) in [6, 6.07) is 59.1. The molecule has 0 bridgehead atoms. The summed E-state index contributed by atoms with van der Waals surface area (Å²) in [4.78, 5) is 15.4. The van der Waals surface area contributed by atoms with E-state index in [0.29, 0.717) is 5.92 Å². The third kappa shape index (κ3) is 6.17. The van der Waals surface area contributed by atoms with E-state index in [0.717, 1.165) is 68.9 Å². The minimum atomic E-state index is 0.204. The number of nitrogens with zero attached hydrogens (tertiary/aromatic N) is 4. The van der Waals surface area contributed by atoms with E-state index < -0.39 is 0 Å². The monoisotopic (exact) mass is 830 g/mol. The van der Waals surface area contributed by atoms with Crippen LogP contribution < -0.4 is 0 Å². The van der Waals surface area contributed by atoms with Gasteiger partial charge in [-0.15, -0.1) is 0 Å². The number of hydrogen-bond donors (Lipinski definition) is 0. The first kappa shape index (κ1) is 37.4. The van der Waals surface area contributed by atoms with Crippen LogP contribution in [0.4, 0.5) is 0 Å². The topological polar surface area (TPSA) is 43.6 Å². The lowest BCUT2D eigenvalue weighted by Crippen LogP contribution is -2.22. The fraction of sp³-hybridized carbons (Fsp3) is 0.0656. The lowest BCUT2D eigenvalue weighted by Gasteiger charge is -2.34. The maximum Gasteiger partial charge on any atom is 0.160 e. The van der Waals surface area contributed by atoms with Gasteiger partial charge in [-0.25, -0.2) is 9.97 Å². The lowest BCUT2D eigenvalue weighted by molar-refractivity contribution is 0.634. The van der Waals surface area contributed by atoms with E-state index in [1.807, 2.05) is 12.4 Å². The fourth-order valence-electron chi connectivity index (χ4n) is 10.8. The quantitative estimate of drug-likeness (QED) is 0.157. The van der Waals surface area contributed by atoms with Crippen LogP contribution in [0.3, 0.4) is 0 Å². The Morgan fingerprint density at radius 2 is 1.12 bits per heavy atom. The van der Waals surface area contributed by atoms with Gasteiger partial charge >= 0.3 is 0 Å². The third-order valence-corrected chi connectivity index (χ3v) is 13.7. The summed E-state index contributed by atoms with van der Waals surface area (Å²) in [6.07, 6.45) is 22.2. The minimum absolute atomic E-state index is 0.204. The molecule has 0 N–H and O–H groups in total. The molecule has 4 nitrogen and oxygen atoms in total. The van der Waals surface area contributed by atoms with Crippen molar-refractivity contribution in [3.63, 3.8) is 0 Å². The SMILES string of the molecule is C1=CC2C(c3cc(-c4ccccc4)nc(-c4cccc(-c5c6ccccc6c(-c6ccc7c(c6)c6cnccc6n7-c6ccccc6)c6ccccc56)c4)n3)=CC3=C(C=CCC3)C2C=C1. The van der Waals surface area contributed by atoms with Gasteiger partial charge in [-0.1, -0.05) is 164 Å². The maximum atomic E-state index is 5.48. The van der Waals surface area contributed by atoms with Crippen LogP contribution in [0.1, 0.15) is 18.5 Å². The van der Waals surface area contributed by atoms with Crippen molar-refractivity contribution in [3.05, 3.63) is 236 Å². The highest BCUT2D eigenvalue weighted by Gasteiger charge is 2.33. The second-order valence-corrected chi connectivity index (χ2v) is 17.4. The maximum absolute atomic E-state index is 5.48. The van der Waals surface area contributed by atoms with Gasteiger partial charge in [0, 0.05) is 51.8 Å². The molecule has 0 fully saturated rings. The van der Waals surface area contributed by atoms with Crippen molar-refractivity contribution in [2.75, 3.05) is 0 Å². The number of rotatable bonds is 6. The van der Waals surface area contributed by atoms with Crippen molar-refractivity contribution < 1.29 is 0 Å². The van der Waals surface area contributed by atoms with Gasteiger partial charge in [0.25, 0.3) is 0 Å². The van der Waals surface area contributed by atoms with Crippen molar-refractivity contribution in [1.29, 1.82) is 0 Å². The van der Waals surface area contributed by atoms with Crippen LogP contribution in [0.25, 0.3) is 99.5 Å². The molecule has 3 aromatic heterocycles. The Kier molecular flexibility index (Phi) is 8.76. The predicted octanol–water partition coefficient (Wildman–Crippen LogP) is 15.3. The summed E-state index contributed by atoms with van der Waals surface area (Å²) < 4.78 is 2.35. The van der Waals surface area contributed by atoms with Gasteiger partial charge in [0.1, 0.15) is 0 Å². The van der Waals surface area contributed by atoms with Crippen molar-refractivity contribution in [2.45, 2.75) is 12.8 Å². The standard InChI is InChI=1S/C61H42N4/c1-3-16-39(17-4-1)55-37-56(52-35-40-18-7-8-23-45(40)46-24-9-10-25-47(46)52)64-61(63-55)43-20-15-19-41(34-43)59-48-26-11-13-28-50(48)60(51-29-14-12-27-49(51)59)42-30-31-57-53(36-42)54-38-62-33-32-58(54)65(57)44-21-5-2-6-22-44/h1-6,8-17,19-38,46-47H,7,18H2. The average molecular weight is 831 g/mol. The summed E-state index contributed by atoms with van der Waals surface area (Å²) in [7, 11) is 0. The first-order valence-electron chi connectivity index (χ1n) is 22.6. The van der Waals surface area contributed by atoms with Crippen LogP contribution in [0.2, 0.25) is 0 Å². The molecular weight excluding hydrogens is 789 g/mol. The molecule has 3 aliphatic rings. The number of fused-ring (bicyclic) bond motifs is 7. The van der Waals surface area contributed by atoms with Crippen molar-refractivity contribution >= 4 is 48.9 Å². The molecule has 2 unspecified atom stereocenters. The second kappa shape index (κ2) is 15.3. The van der Waals surface area contributed by atoms with Crippen LogP contribution in [0.5, 0.6) is 0 Å². The van der Waals surface area contributed by atoms with Gasteiger partial charge < -0.3 is 4.57 Å². The Labute approximate surface area is 377 Å². The van der Waals surface area contributed by atoms with Crippen LogP contribution in [0, 0.1) is 11.8 Å². The van der Waals surface area contributed by atoms with Gasteiger partial charge in [0.05, 0.1) is 22.4 Å². The number of pyridine rings is 1. The van der Waals surface area contributed by atoms with Gasteiger partial charge in [-0.2, -0.15) is 0 Å². The van der Waals surface area contributed by atoms with Crippen molar-refractivity contribution in [3.8, 4) is 50.6 Å². The molecule has 7 aromatic carbocycles. The van der Waals surface area contributed by atoms with E-state index in [1.165, 1.54) is 60.3 Å². The molecule has 13 rings (SSSR count). The molecule has 0 spiro atoms. The van der Waals surface area contributed by atoms with E-state index in [9.17, 15) is 0 Å². The molecule has 306 valence electrons. The molecular formula is C61H42N4. The van der Waals surface area contributed by atoms with Gasteiger partial charge in [-0.05, 0) is 116 Å². The highest BCUT2D eigenvalue weighted by molar-refractivity contribution is 6.22. The van der Waals surface area contributed by atoms with Crippen LogP contribution in [-0.4, -0.2) is 19.5 Å². The number of aromatic nitrogens is 4. The van der Waals surface area contributed by atoms with E-state index >= 15 is 0 Å². The number of hydrogen-bond acceptors (Lipinski definition) is 3. The predicted molar refractivity (Wildman–Crippen MR) is 270 cm³/mol. The molecule has 0 radical (unpaired) electrons. The zero-order valence-corrected chi connectivity index (χ0v) is 35.6. The van der Waals surface area contributed by atoms with E-state index in [2.05, 4.69) is 216 Å². The van der Waals surface area contributed by atoms with Crippen LogP contribution in [0.15, 0.2) is 230 Å². The number of para-hydroxylation sites is 1. The smallest absolute Gasteiger partial charge is 0.160 e. The molecule has 65 heavy (non-hydrogen) atoms. The van der Waals surface area contributed by atoms with E-state index in [-0.39, 0.29) is 5.92 Å². The average Bonchev–Trinajstić information content (AvgIpc) is 3.71. The highest BCUT2D eigenvalue weighted by atomic mass is 15.0. The van der Waals surface area contributed by atoms with Crippen molar-refractivity contribution in [2.24, 2.45) is 11.8 Å². The lowest BCUT2D eigenvalue weighted by atomic mass is 9.70. The van der Waals surface area contributed by atoms with E-state index in [1.54, 1.807) is 0 Å². The van der Waals surface area contributed by atoms with Crippen LogP contribution in [-0.2, 0) is 0 Å². The van der Waals surface area contributed by atoms with E-state index in [4.69, 9.17) is 9.97 Å². The molecule has 0 saturated carbocycles.